The molecule has 154 valence electrons. The Morgan fingerprint density at radius 2 is 1.86 bits per heavy atom. The van der Waals surface area contributed by atoms with Gasteiger partial charge < -0.3 is 9.47 Å². The van der Waals surface area contributed by atoms with Crippen LogP contribution in [-0.4, -0.2) is 58.0 Å². The van der Waals surface area contributed by atoms with Gasteiger partial charge in [-0.25, -0.2) is 9.37 Å². The topological polar surface area (TPSA) is 41.4 Å². The molecule has 1 fully saturated rings. The lowest BCUT2D eigenvalue weighted by Crippen LogP contribution is -2.43. The van der Waals surface area contributed by atoms with Gasteiger partial charge in [0.1, 0.15) is 5.82 Å². The molecule has 2 heterocycles. The van der Waals surface area contributed by atoms with Crippen molar-refractivity contribution in [2.45, 2.75) is 38.9 Å². The Balaban J connectivity index is 1.79. The molecule has 3 rings (SSSR count). The highest BCUT2D eigenvalue weighted by Gasteiger charge is 2.40. The van der Waals surface area contributed by atoms with Crippen molar-refractivity contribution in [2.24, 2.45) is 0 Å². The van der Waals surface area contributed by atoms with Crippen molar-refractivity contribution in [3.63, 3.8) is 0 Å². The summed E-state index contributed by atoms with van der Waals surface area (Å²) in [5.74, 6) is -1.58. The first-order valence-corrected chi connectivity index (χ1v) is 9.49. The molecule has 1 saturated heterocycles. The van der Waals surface area contributed by atoms with Crippen molar-refractivity contribution in [1.29, 1.82) is 0 Å². The van der Waals surface area contributed by atoms with E-state index in [0.717, 1.165) is 12.1 Å². The van der Waals surface area contributed by atoms with Crippen LogP contribution < -0.4 is 0 Å². The number of amides is 1. The van der Waals surface area contributed by atoms with Gasteiger partial charge in [0, 0.05) is 38.3 Å². The number of aromatic nitrogens is 2. The van der Waals surface area contributed by atoms with E-state index in [1.165, 1.54) is 10.6 Å². The number of imidazole rings is 1. The van der Waals surface area contributed by atoms with Crippen LogP contribution in [0.3, 0.4) is 0 Å². The zero-order valence-electron chi connectivity index (χ0n) is 16.0. The standard InChI is InChI=1S/C19H24F4N4O/c1-3-26(4-2)17(28)12-25-9-7-14(8-10-25)27-16-6-5-13(20)11-15(16)24-18(27)19(21,22)23/h5-6,11,14H,3-4,7-10,12H2,1-2H3. The van der Waals surface area contributed by atoms with Gasteiger partial charge in [0.2, 0.25) is 11.7 Å². The second kappa shape index (κ2) is 8.06. The number of likely N-dealkylation sites (tertiary alicyclic amines) is 1. The first kappa shape index (κ1) is 20.6. The molecule has 28 heavy (non-hydrogen) atoms. The van der Waals surface area contributed by atoms with Crippen LogP contribution in [0.15, 0.2) is 18.2 Å². The van der Waals surface area contributed by atoms with Crippen LogP contribution in [0.25, 0.3) is 11.0 Å². The predicted molar refractivity (Wildman–Crippen MR) is 97.3 cm³/mol. The molecule has 1 aromatic heterocycles. The average Bonchev–Trinajstić information content (AvgIpc) is 3.02. The number of alkyl halides is 3. The maximum atomic E-state index is 13.5. The van der Waals surface area contributed by atoms with Crippen molar-refractivity contribution in [3.8, 4) is 0 Å². The summed E-state index contributed by atoms with van der Waals surface area (Å²) < 4.78 is 55.2. The number of likely N-dealkylation sites (N-methyl/N-ethyl adjacent to an activating group) is 1. The Kier molecular flexibility index (Phi) is 5.92. The molecule has 2 aromatic rings. The molecule has 1 aliphatic rings. The van der Waals surface area contributed by atoms with Crippen molar-refractivity contribution < 1.29 is 22.4 Å². The molecule has 0 spiro atoms. The maximum absolute atomic E-state index is 13.5. The molecule has 0 aliphatic carbocycles. The molecule has 1 aliphatic heterocycles. The van der Waals surface area contributed by atoms with E-state index in [-0.39, 0.29) is 23.5 Å². The molecule has 1 aromatic carbocycles. The summed E-state index contributed by atoms with van der Waals surface area (Å²) in [6.45, 7) is 6.43. The minimum absolute atomic E-state index is 0.00599. The number of halogens is 4. The predicted octanol–water partition coefficient (Wildman–Crippen LogP) is 3.70. The van der Waals surface area contributed by atoms with E-state index >= 15 is 0 Å². The SMILES string of the molecule is CCN(CC)C(=O)CN1CCC(n2c(C(F)(F)F)nc3cc(F)ccc32)CC1. The zero-order valence-corrected chi connectivity index (χ0v) is 16.0. The first-order valence-electron chi connectivity index (χ1n) is 9.49. The highest BCUT2D eigenvalue weighted by Crippen LogP contribution is 2.36. The minimum atomic E-state index is -4.62. The number of benzene rings is 1. The Labute approximate surface area is 160 Å². The Morgan fingerprint density at radius 1 is 1.21 bits per heavy atom. The van der Waals surface area contributed by atoms with Gasteiger partial charge in [-0.1, -0.05) is 0 Å². The Hall–Kier alpha value is -2.16. The monoisotopic (exact) mass is 400 g/mol. The van der Waals surface area contributed by atoms with Crippen molar-refractivity contribution in [1.82, 2.24) is 19.4 Å². The molecule has 0 saturated carbocycles. The number of carbonyl (C=O) groups is 1. The number of fused-ring (bicyclic) bond motifs is 1. The average molecular weight is 400 g/mol. The molecule has 0 bridgehead atoms. The third-order valence-electron chi connectivity index (χ3n) is 5.30. The fourth-order valence-electron chi connectivity index (χ4n) is 3.84. The molecule has 1 amide bonds. The summed E-state index contributed by atoms with van der Waals surface area (Å²) in [7, 11) is 0. The van der Waals surface area contributed by atoms with Crippen LogP contribution in [0.1, 0.15) is 38.6 Å². The second-order valence-electron chi connectivity index (χ2n) is 7.01. The minimum Gasteiger partial charge on any atom is -0.342 e. The van der Waals surface area contributed by atoms with Crippen molar-refractivity contribution >= 4 is 16.9 Å². The van der Waals surface area contributed by atoms with Crippen molar-refractivity contribution in [3.05, 3.63) is 29.8 Å². The van der Waals surface area contributed by atoms with Crippen LogP contribution in [0.5, 0.6) is 0 Å². The van der Waals surface area contributed by atoms with Gasteiger partial charge in [0.05, 0.1) is 17.6 Å². The zero-order chi connectivity index (χ0) is 20.5. The van der Waals surface area contributed by atoms with E-state index in [4.69, 9.17) is 0 Å². The van der Waals surface area contributed by atoms with Gasteiger partial charge in [0.15, 0.2) is 0 Å². The lowest BCUT2D eigenvalue weighted by atomic mass is 10.0. The van der Waals surface area contributed by atoms with Gasteiger partial charge >= 0.3 is 6.18 Å². The highest BCUT2D eigenvalue weighted by atomic mass is 19.4. The largest absolute Gasteiger partial charge is 0.449 e. The first-order chi connectivity index (χ1) is 13.2. The van der Waals surface area contributed by atoms with Crippen LogP contribution in [-0.2, 0) is 11.0 Å². The second-order valence-corrected chi connectivity index (χ2v) is 7.01. The van der Waals surface area contributed by atoms with Gasteiger partial charge in [-0.15, -0.1) is 0 Å². The summed E-state index contributed by atoms with van der Waals surface area (Å²) in [5, 5.41) is 0. The number of piperidine rings is 1. The van der Waals surface area contributed by atoms with Gasteiger partial charge in [-0.05, 0) is 38.8 Å². The lowest BCUT2D eigenvalue weighted by molar-refractivity contribution is -0.147. The van der Waals surface area contributed by atoms with E-state index in [9.17, 15) is 22.4 Å². The van der Waals surface area contributed by atoms with Crippen LogP contribution >= 0.6 is 0 Å². The van der Waals surface area contributed by atoms with E-state index in [1.54, 1.807) is 4.90 Å². The summed E-state index contributed by atoms with van der Waals surface area (Å²) >= 11 is 0. The quantitative estimate of drug-likeness (QED) is 0.719. The number of nitrogens with zero attached hydrogens (tertiary/aromatic N) is 4. The van der Waals surface area contributed by atoms with Crippen LogP contribution in [0.2, 0.25) is 0 Å². The fourth-order valence-corrected chi connectivity index (χ4v) is 3.84. The molecule has 9 heteroatoms. The number of rotatable bonds is 5. The molecule has 0 unspecified atom stereocenters. The third-order valence-corrected chi connectivity index (χ3v) is 5.30. The Morgan fingerprint density at radius 3 is 2.43 bits per heavy atom. The maximum Gasteiger partial charge on any atom is 0.449 e. The molecule has 0 N–H and O–H groups in total. The molecule has 0 radical (unpaired) electrons. The summed E-state index contributed by atoms with van der Waals surface area (Å²) in [6, 6.07) is 3.13. The molecular weight excluding hydrogens is 376 g/mol. The molecule has 0 atom stereocenters. The number of carbonyl (C=O) groups excluding carboxylic acids is 1. The van der Waals surface area contributed by atoms with Crippen molar-refractivity contribution in [2.75, 3.05) is 32.7 Å². The van der Waals surface area contributed by atoms with Crippen LogP contribution in [0.4, 0.5) is 17.6 Å². The van der Waals surface area contributed by atoms with Gasteiger partial charge in [0.25, 0.3) is 0 Å². The van der Waals surface area contributed by atoms with E-state index < -0.39 is 23.9 Å². The highest BCUT2D eigenvalue weighted by molar-refractivity contribution is 5.78. The summed E-state index contributed by atoms with van der Waals surface area (Å²) in [4.78, 5) is 19.6. The van der Waals surface area contributed by atoms with E-state index in [0.29, 0.717) is 39.0 Å². The van der Waals surface area contributed by atoms with Gasteiger partial charge in [-0.2, -0.15) is 13.2 Å². The summed E-state index contributed by atoms with van der Waals surface area (Å²) in [6.07, 6.45) is -3.68. The smallest absolute Gasteiger partial charge is 0.342 e. The van der Waals surface area contributed by atoms with Crippen LogP contribution in [0, 0.1) is 5.82 Å². The normalized spacial score (nSPS) is 16.6. The number of hydrogen-bond donors (Lipinski definition) is 0. The van der Waals surface area contributed by atoms with Gasteiger partial charge in [-0.3, -0.25) is 9.69 Å². The fraction of sp³-hybridized carbons (Fsp3) is 0.579. The summed E-state index contributed by atoms with van der Waals surface area (Å²) in [5.41, 5.74) is 0.290. The Bertz CT molecular complexity index is 836. The molecular formula is C19H24F4N4O. The molecule has 5 nitrogen and oxygen atoms in total. The van der Waals surface area contributed by atoms with E-state index in [1.807, 2.05) is 18.7 Å². The third kappa shape index (κ3) is 4.14. The number of hydrogen-bond acceptors (Lipinski definition) is 3. The lowest BCUT2D eigenvalue weighted by Gasteiger charge is -2.34. The van der Waals surface area contributed by atoms with E-state index in [2.05, 4.69) is 4.98 Å².